The van der Waals surface area contributed by atoms with Gasteiger partial charge in [-0.1, -0.05) is 24.3 Å². The molecule has 1 atom stereocenters. The molecule has 0 aliphatic heterocycles. The first-order chi connectivity index (χ1) is 10.1. The molecule has 0 aliphatic rings. The zero-order valence-corrected chi connectivity index (χ0v) is 12.3. The third-order valence-corrected chi connectivity index (χ3v) is 3.69. The van der Waals surface area contributed by atoms with Gasteiger partial charge in [0.15, 0.2) is 0 Å². The second kappa shape index (κ2) is 6.68. The number of nitrogens with two attached hydrogens (primary N) is 1. The number of anilines is 1. The number of hydrogen-bond acceptors (Lipinski definition) is 2. The van der Waals surface area contributed by atoms with Crippen LogP contribution in [-0.4, -0.2) is 13.1 Å². The van der Waals surface area contributed by atoms with Crippen LogP contribution in [0.15, 0.2) is 42.5 Å². The molecule has 0 saturated heterocycles. The highest BCUT2D eigenvalue weighted by molar-refractivity contribution is 5.55. The van der Waals surface area contributed by atoms with Crippen LogP contribution in [0.2, 0.25) is 0 Å². The quantitative estimate of drug-likeness (QED) is 0.907. The number of nitrogens with zero attached hydrogens (tertiary/aromatic N) is 1. The van der Waals surface area contributed by atoms with Gasteiger partial charge in [0.05, 0.1) is 6.04 Å². The van der Waals surface area contributed by atoms with Crippen LogP contribution in [0.3, 0.4) is 0 Å². The van der Waals surface area contributed by atoms with Crippen molar-refractivity contribution in [2.75, 3.05) is 18.0 Å². The van der Waals surface area contributed by atoms with E-state index in [4.69, 9.17) is 5.73 Å². The first kappa shape index (κ1) is 15.4. The molecule has 0 saturated carbocycles. The number of aryl methyl sites for hydroxylation is 1. The molecule has 0 spiro atoms. The lowest BCUT2D eigenvalue weighted by Gasteiger charge is -2.33. The van der Waals surface area contributed by atoms with Crippen LogP contribution >= 0.6 is 0 Å². The normalized spacial score (nSPS) is 12.2. The molecule has 2 nitrogen and oxygen atoms in total. The molecule has 2 rings (SSSR count). The predicted molar refractivity (Wildman–Crippen MR) is 82.4 cm³/mol. The predicted octanol–water partition coefficient (Wildman–Crippen LogP) is 3.80. The van der Waals surface area contributed by atoms with Gasteiger partial charge in [-0.3, -0.25) is 0 Å². The maximum Gasteiger partial charge on any atom is 0.131 e. The van der Waals surface area contributed by atoms with Gasteiger partial charge in [-0.05, 0) is 31.5 Å². The number of hydrogen-bond donors (Lipinski definition) is 1. The highest BCUT2D eigenvalue weighted by atomic mass is 19.1. The van der Waals surface area contributed by atoms with E-state index in [1.54, 1.807) is 0 Å². The summed E-state index contributed by atoms with van der Waals surface area (Å²) < 4.78 is 27.2. The van der Waals surface area contributed by atoms with E-state index in [2.05, 4.69) is 0 Å². The zero-order chi connectivity index (χ0) is 15.4. The van der Waals surface area contributed by atoms with E-state index in [-0.39, 0.29) is 12.6 Å². The van der Waals surface area contributed by atoms with Gasteiger partial charge in [-0.15, -0.1) is 0 Å². The fraction of sp³-hybridized carbons (Fsp3) is 0.294. The standard InChI is InChI=1S/C17H20F2N2/c1-3-21(16-7-5-4-6-12(16)2)17(11-20)14-9-8-13(18)10-15(14)19/h4-10,17H,3,11,20H2,1-2H3. The minimum absolute atomic E-state index is 0.255. The SMILES string of the molecule is CCN(c1ccccc1C)C(CN)c1ccc(F)cc1F. The van der Waals surface area contributed by atoms with Crippen molar-refractivity contribution in [2.24, 2.45) is 5.73 Å². The van der Waals surface area contributed by atoms with E-state index in [0.717, 1.165) is 17.3 Å². The first-order valence-electron chi connectivity index (χ1n) is 7.05. The summed E-state index contributed by atoms with van der Waals surface area (Å²) in [4.78, 5) is 2.05. The van der Waals surface area contributed by atoms with Gasteiger partial charge in [0.2, 0.25) is 0 Å². The largest absolute Gasteiger partial charge is 0.363 e. The van der Waals surface area contributed by atoms with Crippen molar-refractivity contribution < 1.29 is 8.78 Å². The molecule has 0 radical (unpaired) electrons. The second-order valence-corrected chi connectivity index (χ2v) is 4.99. The van der Waals surface area contributed by atoms with E-state index in [1.807, 2.05) is 43.0 Å². The van der Waals surface area contributed by atoms with Gasteiger partial charge >= 0.3 is 0 Å². The Balaban J connectivity index is 2.45. The van der Waals surface area contributed by atoms with Crippen LogP contribution in [-0.2, 0) is 0 Å². The van der Waals surface area contributed by atoms with Gasteiger partial charge in [-0.2, -0.15) is 0 Å². The van der Waals surface area contributed by atoms with Crippen molar-refractivity contribution in [1.29, 1.82) is 0 Å². The third kappa shape index (κ3) is 3.22. The lowest BCUT2D eigenvalue weighted by atomic mass is 10.0. The number of rotatable bonds is 5. The van der Waals surface area contributed by atoms with Crippen molar-refractivity contribution in [1.82, 2.24) is 0 Å². The second-order valence-electron chi connectivity index (χ2n) is 4.99. The minimum Gasteiger partial charge on any atom is -0.363 e. The molecule has 0 aromatic heterocycles. The van der Waals surface area contributed by atoms with Gasteiger partial charge in [0.1, 0.15) is 11.6 Å². The van der Waals surface area contributed by atoms with E-state index in [0.29, 0.717) is 12.1 Å². The Labute approximate surface area is 124 Å². The first-order valence-corrected chi connectivity index (χ1v) is 7.05. The van der Waals surface area contributed by atoms with Crippen LogP contribution < -0.4 is 10.6 Å². The summed E-state index contributed by atoms with van der Waals surface area (Å²) in [7, 11) is 0. The average Bonchev–Trinajstić information content (AvgIpc) is 2.47. The molecule has 0 bridgehead atoms. The van der Waals surface area contributed by atoms with E-state index in [9.17, 15) is 8.78 Å². The molecule has 2 aromatic rings. The molecule has 0 heterocycles. The summed E-state index contributed by atoms with van der Waals surface area (Å²) in [6, 6.07) is 11.2. The fourth-order valence-electron chi connectivity index (χ4n) is 2.64. The average molecular weight is 290 g/mol. The maximum absolute atomic E-state index is 14.1. The summed E-state index contributed by atoms with van der Waals surface area (Å²) in [5.41, 5.74) is 8.40. The van der Waals surface area contributed by atoms with Crippen molar-refractivity contribution >= 4 is 5.69 Å². The lowest BCUT2D eigenvalue weighted by molar-refractivity contribution is 0.542. The highest BCUT2D eigenvalue weighted by Crippen LogP contribution is 2.30. The lowest BCUT2D eigenvalue weighted by Crippen LogP contribution is -2.34. The maximum atomic E-state index is 14.1. The van der Waals surface area contributed by atoms with E-state index in [1.165, 1.54) is 12.1 Å². The van der Waals surface area contributed by atoms with Crippen LogP contribution in [0.25, 0.3) is 0 Å². The number of para-hydroxylation sites is 1. The van der Waals surface area contributed by atoms with Crippen LogP contribution in [0.1, 0.15) is 24.1 Å². The Morgan fingerprint density at radius 2 is 1.86 bits per heavy atom. The number of likely N-dealkylation sites (N-methyl/N-ethyl adjacent to an activating group) is 1. The molecule has 2 aromatic carbocycles. The van der Waals surface area contributed by atoms with Gasteiger partial charge in [0, 0.05) is 30.4 Å². The fourth-order valence-corrected chi connectivity index (χ4v) is 2.64. The smallest absolute Gasteiger partial charge is 0.131 e. The zero-order valence-electron chi connectivity index (χ0n) is 12.3. The number of benzene rings is 2. The Hall–Kier alpha value is -1.94. The topological polar surface area (TPSA) is 29.3 Å². The van der Waals surface area contributed by atoms with E-state index >= 15 is 0 Å². The molecule has 0 fully saturated rings. The Morgan fingerprint density at radius 1 is 1.14 bits per heavy atom. The minimum atomic E-state index is -0.578. The van der Waals surface area contributed by atoms with Crippen LogP contribution in [0, 0.1) is 18.6 Å². The molecule has 2 N–H and O–H groups in total. The van der Waals surface area contributed by atoms with E-state index < -0.39 is 11.6 Å². The molecule has 21 heavy (non-hydrogen) atoms. The van der Waals surface area contributed by atoms with Crippen molar-refractivity contribution in [3.05, 3.63) is 65.2 Å². The van der Waals surface area contributed by atoms with Crippen molar-refractivity contribution in [2.45, 2.75) is 19.9 Å². The molecular formula is C17H20F2N2. The molecular weight excluding hydrogens is 270 g/mol. The van der Waals surface area contributed by atoms with Gasteiger partial charge in [-0.25, -0.2) is 8.78 Å². The Bertz CT molecular complexity index is 613. The molecule has 112 valence electrons. The van der Waals surface area contributed by atoms with Crippen LogP contribution in [0.4, 0.5) is 14.5 Å². The Kier molecular flexibility index (Phi) is 4.91. The molecule has 1 unspecified atom stereocenters. The Morgan fingerprint density at radius 3 is 2.43 bits per heavy atom. The summed E-state index contributed by atoms with van der Waals surface area (Å²) >= 11 is 0. The monoisotopic (exact) mass is 290 g/mol. The third-order valence-electron chi connectivity index (χ3n) is 3.69. The summed E-state index contributed by atoms with van der Waals surface area (Å²) in [6.45, 7) is 4.94. The summed E-state index contributed by atoms with van der Waals surface area (Å²) in [5, 5.41) is 0. The van der Waals surface area contributed by atoms with Gasteiger partial charge in [0.25, 0.3) is 0 Å². The van der Waals surface area contributed by atoms with Crippen molar-refractivity contribution in [3.8, 4) is 0 Å². The highest BCUT2D eigenvalue weighted by Gasteiger charge is 2.22. The van der Waals surface area contributed by atoms with Crippen molar-refractivity contribution in [3.63, 3.8) is 0 Å². The summed E-state index contributed by atoms with van der Waals surface area (Å²) in [5.74, 6) is -1.14. The molecule has 0 amide bonds. The molecule has 4 heteroatoms. The van der Waals surface area contributed by atoms with Crippen LogP contribution in [0.5, 0.6) is 0 Å². The molecule has 0 aliphatic carbocycles. The van der Waals surface area contributed by atoms with Gasteiger partial charge < -0.3 is 10.6 Å². The number of halogens is 2. The summed E-state index contributed by atoms with van der Waals surface area (Å²) in [6.07, 6.45) is 0.